The van der Waals surface area contributed by atoms with E-state index in [2.05, 4.69) is 31.9 Å². The highest BCUT2D eigenvalue weighted by Crippen LogP contribution is 2.32. The zero-order valence-electron chi connectivity index (χ0n) is 21.0. The number of rotatable bonds is 8. The zero-order valence-corrected chi connectivity index (χ0v) is 21.8. The molecule has 0 spiro atoms. The summed E-state index contributed by atoms with van der Waals surface area (Å²) in [5, 5.41) is 19.6. The van der Waals surface area contributed by atoms with Gasteiger partial charge in [-0.15, -0.1) is 21.5 Å². The number of fused-ring (bicyclic) bond motifs is 1. The number of nitrogens with zero attached hydrogens (tertiary/aromatic N) is 5. The molecule has 2 aromatic heterocycles. The Balaban J connectivity index is 1.10. The molecule has 202 valence electrons. The summed E-state index contributed by atoms with van der Waals surface area (Å²) in [7, 11) is 0. The molecule has 2 atom stereocenters. The molecule has 4 aromatic rings. The first-order chi connectivity index (χ1) is 18.1. The molecule has 1 saturated heterocycles. The second-order valence-electron chi connectivity index (χ2n) is 9.49. The van der Waals surface area contributed by atoms with Gasteiger partial charge in [0.25, 0.3) is 0 Å². The van der Waals surface area contributed by atoms with Crippen molar-refractivity contribution >= 4 is 21.6 Å². The highest BCUT2D eigenvalue weighted by molar-refractivity contribution is 7.18. The Morgan fingerprint density at radius 3 is 2.82 bits per heavy atom. The third-order valence-corrected chi connectivity index (χ3v) is 7.42. The van der Waals surface area contributed by atoms with Gasteiger partial charge >= 0.3 is 6.18 Å². The molecule has 0 radical (unpaired) electrons. The number of thiazole rings is 1. The SMILES string of the molecule is Cc1nc2cc(OC[C@H](O)CN3CCN(Cc4nnc(-c5cccc(C(F)(F)F)c5)o4)C[C@@H]3C)ccc2s1. The number of halogens is 3. The van der Waals surface area contributed by atoms with Crippen molar-refractivity contribution in [1.29, 1.82) is 0 Å². The van der Waals surface area contributed by atoms with Gasteiger partial charge in [0, 0.05) is 43.9 Å². The largest absolute Gasteiger partial charge is 0.491 e. The van der Waals surface area contributed by atoms with E-state index in [9.17, 15) is 18.3 Å². The summed E-state index contributed by atoms with van der Waals surface area (Å²) < 4.78 is 51.6. The van der Waals surface area contributed by atoms with E-state index >= 15 is 0 Å². The first-order valence-electron chi connectivity index (χ1n) is 12.3. The number of β-amino-alcohol motifs (C(OH)–C–C–N with tert-alkyl or cyclic N) is 1. The fourth-order valence-corrected chi connectivity index (χ4v) is 5.38. The second-order valence-corrected chi connectivity index (χ2v) is 10.7. The molecule has 38 heavy (non-hydrogen) atoms. The van der Waals surface area contributed by atoms with Gasteiger partial charge in [0.1, 0.15) is 18.5 Å². The minimum absolute atomic E-state index is 0.0602. The molecule has 0 bridgehead atoms. The fourth-order valence-electron chi connectivity index (χ4n) is 4.57. The van der Waals surface area contributed by atoms with Gasteiger partial charge in [0.15, 0.2) is 0 Å². The molecule has 0 saturated carbocycles. The van der Waals surface area contributed by atoms with Gasteiger partial charge in [0.2, 0.25) is 11.8 Å². The van der Waals surface area contributed by atoms with Crippen molar-refractivity contribution in [3.8, 4) is 17.2 Å². The Morgan fingerprint density at radius 2 is 2.03 bits per heavy atom. The molecule has 0 unspecified atom stereocenters. The Kier molecular flexibility index (Phi) is 7.66. The minimum atomic E-state index is -4.44. The van der Waals surface area contributed by atoms with Crippen LogP contribution in [0.5, 0.6) is 5.75 Å². The van der Waals surface area contributed by atoms with Crippen molar-refractivity contribution in [1.82, 2.24) is 25.0 Å². The van der Waals surface area contributed by atoms with Crippen molar-refractivity contribution < 1.29 is 27.4 Å². The fraction of sp³-hybridized carbons (Fsp3) is 0.423. The number of aliphatic hydroxyl groups excluding tert-OH is 1. The number of ether oxygens (including phenoxy) is 1. The maximum Gasteiger partial charge on any atom is 0.416 e. The average molecular weight is 548 g/mol. The van der Waals surface area contributed by atoms with Crippen LogP contribution in [0.1, 0.15) is 23.4 Å². The van der Waals surface area contributed by atoms with Crippen molar-refractivity contribution in [2.45, 2.75) is 38.7 Å². The summed E-state index contributed by atoms with van der Waals surface area (Å²) in [6.07, 6.45) is -5.09. The molecule has 1 aliphatic heterocycles. The number of benzene rings is 2. The maximum absolute atomic E-state index is 13.0. The lowest BCUT2D eigenvalue weighted by molar-refractivity contribution is -0.137. The quantitative estimate of drug-likeness (QED) is 0.342. The number of hydrogen-bond acceptors (Lipinski definition) is 9. The van der Waals surface area contributed by atoms with Crippen molar-refractivity contribution in [3.05, 3.63) is 58.9 Å². The van der Waals surface area contributed by atoms with Crippen LogP contribution in [0.3, 0.4) is 0 Å². The Bertz CT molecular complexity index is 1390. The van der Waals surface area contributed by atoms with Gasteiger partial charge in [-0.1, -0.05) is 6.07 Å². The number of aromatic nitrogens is 3. The first kappa shape index (κ1) is 26.5. The number of piperazine rings is 1. The van der Waals surface area contributed by atoms with Crippen molar-refractivity contribution in [3.63, 3.8) is 0 Å². The lowest BCUT2D eigenvalue weighted by atomic mass is 10.1. The van der Waals surface area contributed by atoms with Crippen molar-refractivity contribution in [2.75, 3.05) is 32.8 Å². The molecule has 0 aliphatic carbocycles. The molecule has 0 amide bonds. The maximum atomic E-state index is 13.0. The average Bonchev–Trinajstić information content (AvgIpc) is 3.49. The molecule has 5 rings (SSSR count). The summed E-state index contributed by atoms with van der Waals surface area (Å²) in [5.41, 5.74) is 0.366. The van der Waals surface area contributed by atoms with Crippen LogP contribution < -0.4 is 4.74 Å². The van der Waals surface area contributed by atoms with Crippen molar-refractivity contribution in [2.24, 2.45) is 0 Å². The summed E-state index contributed by atoms with van der Waals surface area (Å²) in [5.74, 6) is 1.09. The summed E-state index contributed by atoms with van der Waals surface area (Å²) in [6, 6.07) is 10.8. The van der Waals surface area contributed by atoms with E-state index < -0.39 is 17.8 Å². The lowest BCUT2D eigenvalue weighted by Gasteiger charge is -2.40. The summed E-state index contributed by atoms with van der Waals surface area (Å²) in [4.78, 5) is 8.84. The third kappa shape index (κ3) is 6.32. The van der Waals surface area contributed by atoms with E-state index in [1.165, 1.54) is 12.1 Å². The van der Waals surface area contributed by atoms with Crippen LogP contribution in [-0.4, -0.2) is 75.0 Å². The number of aliphatic hydroxyl groups is 1. The molecule has 1 fully saturated rings. The van der Waals surface area contributed by atoms with E-state index in [1.807, 2.05) is 25.1 Å². The molecule has 12 heteroatoms. The van der Waals surface area contributed by atoms with Crippen LogP contribution in [-0.2, 0) is 12.7 Å². The molecule has 8 nitrogen and oxygen atoms in total. The first-order valence-corrected chi connectivity index (χ1v) is 13.1. The highest BCUT2D eigenvalue weighted by atomic mass is 32.1. The van der Waals surface area contributed by atoms with Crippen LogP contribution in [0.2, 0.25) is 0 Å². The van der Waals surface area contributed by atoms with Gasteiger partial charge in [-0.05, 0) is 44.2 Å². The van der Waals surface area contributed by atoms with E-state index in [1.54, 1.807) is 11.3 Å². The predicted molar refractivity (Wildman–Crippen MR) is 137 cm³/mol. The summed E-state index contributed by atoms with van der Waals surface area (Å²) >= 11 is 1.63. The molecule has 1 aliphatic rings. The second kappa shape index (κ2) is 11.0. The van der Waals surface area contributed by atoms with E-state index in [-0.39, 0.29) is 24.1 Å². The van der Waals surface area contributed by atoms with Crippen LogP contribution in [0, 0.1) is 6.92 Å². The molecule has 1 N–H and O–H groups in total. The normalized spacial score (nSPS) is 18.2. The standard InChI is InChI=1S/C26H28F3N5O3S/c1-16-12-33(14-24-31-32-25(37-24)18-4-3-5-19(10-18)26(27,28)29)8-9-34(16)13-20(35)15-36-21-6-7-23-22(11-21)30-17(2)38-23/h3-7,10-11,16,20,35H,8-9,12-15H2,1-2H3/t16-,20+/m0/s1. The van der Waals surface area contributed by atoms with E-state index in [4.69, 9.17) is 9.15 Å². The van der Waals surface area contributed by atoms with Gasteiger partial charge in [-0.25, -0.2) is 4.98 Å². The number of hydrogen-bond donors (Lipinski definition) is 1. The van der Waals surface area contributed by atoms with Gasteiger partial charge in [-0.2, -0.15) is 13.2 Å². The van der Waals surface area contributed by atoms with E-state index in [0.717, 1.165) is 40.4 Å². The molecule has 3 heterocycles. The Morgan fingerprint density at radius 1 is 1.18 bits per heavy atom. The Hall–Kier alpha value is -3.06. The monoisotopic (exact) mass is 547 g/mol. The molecular weight excluding hydrogens is 519 g/mol. The van der Waals surface area contributed by atoms with Crippen LogP contribution in [0.25, 0.3) is 21.7 Å². The number of aryl methyl sites for hydroxylation is 1. The topological polar surface area (TPSA) is 87.8 Å². The minimum Gasteiger partial charge on any atom is -0.491 e. The van der Waals surface area contributed by atoms with Crippen LogP contribution in [0.4, 0.5) is 13.2 Å². The molecule has 2 aromatic carbocycles. The van der Waals surface area contributed by atoms with Gasteiger partial charge < -0.3 is 14.3 Å². The third-order valence-electron chi connectivity index (χ3n) is 6.47. The zero-order chi connectivity index (χ0) is 26.9. The summed E-state index contributed by atoms with van der Waals surface area (Å²) in [6.45, 7) is 7.28. The van der Waals surface area contributed by atoms with Crippen LogP contribution >= 0.6 is 11.3 Å². The smallest absolute Gasteiger partial charge is 0.416 e. The highest BCUT2D eigenvalue weighted by Gasteiger charge is 2.31. The van der Waals surface area contributed by atoms with Crippen LogP contribution in [0.15, 0.2) is 46.9 Å². The van der Waals surface area contributed by atoms with Gasteiger partial charge in [0.05, 0.1) is 27.3 Å². The van der Waals surface area contributed by atoms with E-state index in [0.29, 0.717) is 31.3 Å². The predicted octanol–water partition coefficient (Wildman–Crippen LogP) is 4.62. The number of alkyl halides is 3. The lowest BCUT2D eigenvalue weighted by Crippen LogP contribution is -2.53. The molecular formula is C26H28F3N5O3S. The van der Waals surface area contributed by atoms with Gasteiger partial charge in [-0.3, -0.25) is 9.80 Å². The Labute approximate surface area is 221 Å².